The molecule has 5 nitrogen and oxygen atoms in total. The van der Waals surface area contributed by atoms with Crippen LogP contribution in [0.3, 0.4) is 0 Å². The zero-order chi connectivity index (χ0) is 20.5. The summed E-state index contributed by atoms with van der Waals surface area (Å²) in [6.45, 7) is 0. The summed E-state index contributed by atoms with van der Waals surface area (Å²) < 4.78 is 9.09. The first-order valence-electron chi connectivity index (χ1n) is 9.57. The lowest BCUT2D eigenvalue weighted by Crippen LogP contribution is -1.91. The number of benzene rings is 2. The van der Waals surface area contributed by atoms with Crippen LogP contribution in [-0.4, -0.2) is 28.3 Å². The van der Waals surface area contributed by atoms with Gasteiger partial charge in [-0.05, 0) is 48.0 Å². The van der Waals surface area contributed by atoms with Gasteiger partial charge in [0.15, 0.2) is 0 Å². The molecule has 3 heterocycles. The van der Waals surface area contributed by atoms with E-state index in [9.17, 15) is 0 Å². The third-order valence-corrected chi connectivity index (χ3v) is 5.60. The summed E-state index contributed by atoms with van der Waals surface area (Å²) >= 11 is 1.57. The van der Waals surface area contributed by atoms with E-state index >= 15 is 0 Å². The molecule has 5 rings (SSSR count). The normalized spacial score (nSPS) is 11.1. The number of hydrogen-bond donors (Lipinski definition) is 2. The Morgan fingerprint density at radius 2 is 1.87 bits per heavy atom. The standard InChI is InChI=1S/C24H20N4OS/c1-29-22-9-8-19-24(23(22)15-5-3-7-17(11-15)28-30-2)18-12-20(26-14-21(18)27-19)16-6-4-10-25-13-16/h3-14,27-28H,1-2H3. The number of nitrogens with zero attached hydrogens (tertiary/aromatic N) is 2. The molecular weight excluding hydrogens is 392 g/mol. The second-order valence-corrected chi connectivity index (χ2v) is 7.55. The van der Waals surface area contributed by atoms with Crippen LogP contribution in [0.4, 0.5) is 5.69 Å². The quantitative estimate of drug-likeness (QED) is 0.339. The van der Waals surface area contributed by atoms with Crippen molar-refractivity contribution >= 4 is 39.4 Å². The largest absolute Gasteiger partial charge is 0.496 e. The first kappa shape index (κ1) is 18.5. The number of aromatic amines is 1. The number of H-pyrrole nitrogens is 1. The summed E-state index contributed by atoms with van der Waals surface area (Å²) in [6, 6.07) is 18.5. The average Bonchev–Trinajstić information content (AvgIpc) is 3.17. The van der Waals surface area contributed by atoms with Crippen LogP contribution in [0.25, 0.3) is 44.2 Å². The highest BCUT2D eigenvalue weighted by atomic mass is 32.2. The fourth-order valence-corrected chi connectivity index (χ4v) is 4.22. The number of ether oxygens (including phenoxy) is 1. The smallest absolute Gasteiger partial charge is 0.127 e. The molecule has 148 valence electrons. The highest BCUT2D eigenvalue weighted by Crippen LogP contribution is 2.42. The van der Waals surface area contributed by atoms with E-state index in [1.165, 1.54) is 0 Å². The van der Waals surface area contributed by atoms with E-state index in [0.717, 1.165) is 55.6 Å². The van der Waals surface area contributed by atoms with Gasteiger partial charge < -0.3 is 14.4 Å². The molecular formula is C24H20N4OS. The molecule has 0 unspecified atom stereocenters. The van der Waals surface area contributed by atoms with Gasteiger partial charge in [0.2, 0.25) is 0 Å². The molecule has 2 N–H and O–H groups in total. The molecule has 0 bridgehead atoms. The lowest BCUT2D eigenvalue weighted by atomic mass is 9.97. The van der Waals surface area contributed by atoms with Gasteiger partial charge >= 0.3 is 0 Å². The molecule has 0 fully saturated rings. The Bertz CT molecular complexity index is 1350. The zero-order valence-corrected chi connectivity index (χ0v) is 17.5. The Balaban J connectivity index is 1.81. The van der Waals surface area contributed by atoms with Crippen LogP contribution >= 0.6 is 11.9 Å². The van der Waals surface area contributed by atoms with Gasteiger partial charge in [-0.15, -0.1) is 0 Å². The fourth-order valence-electron chi connectivity index (χ4n) is 3.86. The minimum Gasteiger partial charge on any atom is -0.496 e. The summed E-state index contributed by atoms with van der Waals surface area (Å²) in [5, 5.41) is 2.23. The lowest BCUT2D eigenvalue weighted by Gasteiger charge is -2.12. The zero-order valence-electron chi connectivity index (χ0n) is 16.6. The monoisotopic (exact) mass is 412 g/mol. The first-order valence-corrected chi connectivity index (χ1v) is 10.8. The molecule has 0 aliphatic rings. The summed E-state index contributed by atoms with van der Waals surface area (Å²) in [6.07, 6.45) is 7.51. The molecule has 0 amide bonds. The van der Waals surface area contributed by atoms with Gasteiger partial charge in [0.1, 0.15) is 5.75 Å². The summed E-state index contributed by atoms with van der Waals surface area (Å²) in [7, 11) is 1.71. The predicted octanol–water partition coefficient (Wildman–Crippen LogP) is 6.14. The molecule has 3 aromatic heterocycles. The summed E-state index contributed by atoms with van der Waals surface area (Å²) in [4.78, 5) is 12.4. The van der Waals surface area contributed by atoms with Crippen LogP contribution in [0, 0.1) is 0 Å². The number of aromatic nitrogens is 3. The summed E-state index contributed by atoms with van der Waals surface area (Å²) in [5.74, 6) is 0.837. The molecule has 0 radical (unpaired) electrons. The Morgan fingerprint density at radius 1 is 0.967 bits per heavy atom. The lowest BCUT2D eigenvalue weighted by molar-refractivity contribution is 0.417. The van der Waals surface area contributed by atoms with Gasteiger partial charge in [0, 0.05) is 51.8 Å². The predicted molar refractivity (Wildman–Crippen MR) is 126 cm³/mol. The second-order valence-electron chi connectivity index (χ2n) is 6.93. The van der Waals surface area contributed by atoms with Gasteiger partial charge in [-0.1, -0.05) is 24.1 Å². The van der Waals surface area contributed by atoms with E-state index in [2.05, 4.69) is 56.1 Å². The van der Waals surface area contributed by atoms with E-state index < -0.39 is 0 Å². The maximum absolute atomic E-state index is 5.78. The Labute approximate surface area is 178 Å². The van der Waals surface area contributed by atoms with Crippen molar-refractivity contribution in [2.45, 2.75) is 0 Å². The molecule has 5 aromatic rings. The van der Waals surface area contributed by atoms with Crippen molar-refractivity contribution < 1.29 is 4.74 Å². The Hall–Kier alpha value is -3.51. The van der Waals surface area contributed by atoms with Crippen LogP contribution in [-0.2, 0) is 0 Å². The molecule has 0 saturated carbocycles. The average molecular weight is 413 g/mol. The van der Waals surface area contributed by atoms with Crippen LogP contribution < -0.4 is 9.46 Å². The van der Waals surface area contributed by atoms with Gasteiger partial charge in [0.25, 0.3) is 0 Å². The maximum Gasteiger partial charge on any atom is 0.127 e. The molecule has 2 aromatic carbocycles. The highest BCUT2D eigenvalue weighted by Gasteiger charge is 2.17. The molecule has 0 aliphatic heterocycles. The number of anilines is 1. The van der Waals surface area contributed by atoms with Crippen LogP contribution in [0.2, 0.25) is 0 Å². The van der Waals surface area contributed by atoms with Gasteiger partial charge in [-0.25, -0.2) is 0 Å². The third kappa shape index (κ3) is 3.15. The molecule has 0 saturated heterocycles. The number of fused-ring (bicyclic) bond motifs is 3. The molecule has 0 atom stereocenters. The van der Waals surface area contributed by atoms with Gasteiger partial charge in [0.05, 0.1) is 24.5 Å². The van der Waals surface area contributed by atoms with Crippen molar-refractivity contribution in [3.8, 4) is 28.1 Å². The number of pyridine rings is 2. The van der Waals surface area contributed by atoms with Crippen LogP contribution in [0.1, 0.15) is 0 Å². The minimum absolute atomic E-state index is 0.837. The SMILES string of the molecule is COc1ccc2[nH]c3cnc(-c4cccnc4)cc3c2c1-c1cccc(NSC)c1. The fraction of sp³-hybridized carbons (Fsp3) is 0.0833. The molecule has 30 heavy (non-hydrogen) atoms. The van der Waals surface area contributed by atoms with E-state index in [1.807, 2.05) is 36.8 Å². The highest BCUT2D eigenvalue weighted by molar-refractivity contribution is 7.99. The Morgan fingerprint density at radius 3 is 2.67 bits per heavy atom. The number of rotatable bonds is 5. The van der Waals surface area contributed by atoms with Crippen molar-refractivity contribution in [2.75, 3.05) is 18.1 Å². The van der Waals surface area contributed by atoms with E-state index in [0.29, 0.717) is 0 Å². The van der Waals surface area contributed by atoms with E-state index in [1.54, 1.807) is 25.3 Å². The number of methoxy groups -OCH3 is 1. The first-order chi connectivity index (χ1) is 14.8. The van der Waals surface area contributed by atoms with Crippen LogP contribution in [0.5, 0.6) is 5.75 Å². The topological polar surface area (TPSA) is 62.8 Å². The Kier molecular flexibility index (Phi) is 4.77. The van der Waals surface area contributed by atoms with Crippen LogP contribution in [0.15, 0.2) is 73.2 Å². The van der Waals surface area contributed by atoms with Gasteiger partial charge in [-0.3, -0.25) is 9.97 Å². The maximum atomic E-state index is 5.78. The summed E-state index contributed by atoms with van der Waals surface area (Å²) in [5.41, 5.74) is 7.13. The minimum atomic E-state index is 0.837. The second kappa shape index (κ2) is 7.72. The van der Waals surface area contributed by atoms with Crippen molar-refractivity contribution in [2.24, 2.45) is 0 Å². The van der Waals surface area contributed by atoms with Crippen molar-refractivity contribution in [3.63, 3.8) is 0 Å². The van der Waals surface area contributed by atoms with E-state index in [-0.39, 0.29) is 0 Å². The molecule has 0 aliphatic carbocycles. The van der Waals surface area contributed by atoms with Gasteiger partial charge in [-0.2, -0.15) is 0 Å². The molecule has 0 spiro atoms. The number of hydrogen-bond acceptors (Lipinski definition) is 5. The molecule has 6 heteroatoms. The van der Waals surface area contributed by atoms with Crippen molar-refractivity contribution in [1.82, 2.24) is 15.0 Å². The number of nitrogens with one attached hydrogen (secondary N) is 2. The third-order valence-electron chi connectivity index (χ3n) is 5.16. The van der Waals surface area contributed by atoms with Crippen molar-refractivity contribution in [1.29, 1.82) is 0 Å². The van der Waals surface area contributed by atoms with Crippen molar-refractivity contribution in [3.05, 3.63) is 73.2 Å². The van der Waals surface area contributed by atoms with E-state index in [4.69, 9.17) is 4.74 Å².